The van der Waals surface area contributed by atoms with Crippen molar-refractivity contribution >= 4 is 17.5 Å². The molecule has 0 amide bonds. The maximum atomic E-state index is 13.3. The summed E-state index contributed by atoms with van der Waals surface area (Å²) in [5.41, 5.74) is 0.0704. The van der Waals surface area contributed by atoms with E-state index < -0.39 is 11.6 Å². The van der Waals surface area contributed by atoms with Gasteiger partial charge in [0.25, 0.3) is 0 Å². The summed E-state index contributed by atoms with van der Waals surface area (Å²) in [6.07, 6.45) is 2.10. The number of thioether (sulfide) groups is 1. The molecule has 0 saturated carbocycles. The third-order valence-electron chi connectivity index (χ3n) is 2.11. The van der Waals surface area contributed by atoms with Crippen LogP contribution in [0.1, 0.15) is 22.3 Å². The van der Waals surface area contributed by atoms with Crippen LogP contribution in [-0.4, -0.2) is 17.8 Å². The molecule has 0 heterocycles. The van der Waals surface area contributed by atoms with E-state index in [2.05, 4.69) is 0 Å². The first kappa shape index (κ1) is 12.2. The molecule has 1 aromatic rings. The van der Waals surface area contributed by atoms with Crippen molar-refractivity contribution in [1.82, 2.24) is 0 Å². The molecule has 82 valence electrons. The summed E-state index contributed by atoms with van der Waals surface area (Å²) in [6, 6.07) is 2.77. The van der Waals surface area contributed by atoms with Crippen LogP contribution < -0.4 is 0 Å². The molecule has 0 radical (unpaired) electrons. The minimum atomic E-state index is -1.03. The molecule has 0 aromatic heterocycles. The number of hydrogen-bond acceptors (Lipinski definition) is 2. The van der Waals surface area contributed by atoms with Gasteiger partial charge in [-0.25, -0.2) is 8.78 Å². The lowest BCUT2D eigenvalue weighted by molar-refractivity contribution is 0.0984. The minimum absolute atomic E-state index is 0.146. The third-order valence-corrected chi connectivity index (χ3v) is 2.72. The highest BCUT2D eigenvalue weighted by Crippen LogP contribution is 2.17. The van der Waals surface area contributed by atoms with Crippen molar-refractivity contribution in [2.24, 2.45) is 0 Å². The summed E-state index contributed by atoms with van der Waals surface area (Å²) in [4.78, 5) is 11.5. The highest BCUT2D eigenvalue weighted by molar-refractivity contribution is 7.98. The van der Waals surface area contributed by atoms with E-state index in [1.807, 2.05) is 6.26 Å². The van der Waals surface area contributed by atoms with Crippen LogP contribution in [-0.2, 0) is 0 Å². The molecule has 0 aliphatic heterocycles. The lowest BCUT2D eigenvalue weighted by Gasteiger charge is -2.04. The maximum absolute atomic E-state index is 13.3. The van der Waals surface area contributed by atoms with Gasteiger partial charge < -0.3 is 0 Å². The average Bonchev–Trinajstić information content (AvgIpc) is 2.23. The zero-order valence-electron chi connectivity index (χ0n) is 8.64. The number of carbonyl (C=O) groups is 1. The number of ketones is 1. The van der Waals surface area contributed by atoms with E-state index >= 15 is 0 Å². The van der Waals surface area contributed by atoms with Crippen molar-refractivity contribution in [2.75, 3.05) is 12.0 Å². The van der Waals surface area contributed by atoms with Crippen molar-refractivity contribution in [1.29, 1.82) is 0 Å². The molecule has 0 aliphatic carbocycles. The minimum Gasteiger partial charge on any atom is -0.294 e. The van der Waals surface area contributed by atoms with E-state index in [0.29, 0.717) is 5.75 Å². The summed E-state index contributed by atoms with van der Waals surface area (Å²) in [5, 5.41) is 0. The van der Waals surface area contributed by atoms with E-state index in [0.717, 1.165) is 0 Å². The SMILES string of the molecule is CSCCC(=O)c1ccc(C)c(F)c1F. The monoisotopic (exact) mass is 230 g/mol. The fourth-order valence-electron chi connectivity index (χ4n) is 1.19. The van der Waals surface area contributed by atoms with Crippen molar-refractivity contribution < 1.29 is 13.6 Å². The third kappa shape index (κ3) is 2.78. The number of hydrogen-bond donors (Lipinski definition) is 0. The number of carbonyl (C=O) groups excluding carboxylic acids is 1. The molecule has 1 rings (SSSR count). The fraction of sp³-hybridized carbons (Fsp3) is 0.364. The van der Waals surface area contributed by atoms with Crippen LogP contribution in [0.2, 0.25) is 0 Å². The van der Waals surface area contributed by atoms with Crippen LogP contribution in [0.25, 0.3) is 0 Å². The van der Waals surface area contributed by atoms with Gasteiger partial charge in [0.1, 0.15) is 0 Å². The standard InChI is InChI=1S/C11H12F2OS/c1-7-3-4-8(11(13)10(7)12)9(14)5-6-15-2/h3-4H,5-6H2,1-2H3. The summed E-state index contributed by atoms with van der Waals surface area (Å²) in [6.45, 7) is 1.47. The van der Waals surface area contributed by atoms with Gasteiger partial charge in [-0.05, 0) is 24.8 Å². The second-order valence-corrected chi connectivity index (χ2v) is 4.21. The van der Waals surface area contributed by atoms with Gasteiger partial charge in [-0.1, -0.05) is 6.07 Å². The Balaban J connectivity index is 2.95. The van der Waals surface area contributed by atoms with Crippen LogP contribution in [0.15, 0.2) is 12.1 Å². The molecular weight excluding hydrogens is 218 g/mol. The number of halogens is 2. The molecule has 15 heavy (non-hydrogen) atoms. The molecule has 0 bridgehead atoms. The molecule has 0 atom stereocenters. The Morgan fingerprint density at radius 2 is 2.00 bits per heavy atom. The maximum Gasteiger partial charge on any atom is 0.169 e. The second-order valence-electron chi connectivity index (χ2n) is 3.22. The first-order valence-electron chi connectivity index (χ1n) is 4.54. The summed E-state index contributed by atoms with van der Waals surface area (Å²) >= 11 is 1.50. The van der Waals surface area contributed by atoms with Crippen LogP contribution in [0.4, 0.5) is 8.78 Å². The topological polar surface area (TPSA) is 17.1 Å². The lowest BCUT2D eigenvalue weighted by atomic mass is 10.1. The predicted octanol–water partition coefficient (Wildman–Crippen LogP) is 3.21. The highest BCUT2D eigenvalue weighted by atomic mass is 32.2. The zero-order chi connectivity index (χ0) is 11.4. The molecule has 1 aromatic carbocycles. The van der Waals surface area contributed by atoms with Gasteiger partial charge in [-0.15, -0.1) is 0 Å². The molecule has 4 heteroatoms. The summed E-state index contributed by atoms with van der Waals surface area (Å²) < 4.78 is 26.5. The summed E-state index contributed by atoms with van der Waals surface area (Å²) in [7, 11) is 0. The molecule has 0 saturated heterocycles. The molecule has 0 N–H and O–H groups in total. The Hall–Kier alpha value is -0.900. The van der Waals surface area contributed by atoms with E-state index in [1.165, 1.54) is 30.8 Å². The quantitative estimate of drug-likeness (QED) is 0.739. The molecule has 0 fully saturated rings. The van der Waals surface area contributed by atoms with Gasteiger partial charge in [-0.2, -0.15) is 11.8 Å². The molecule has 1 nitrogen and oxygen atoms in total. The van der Waals surface area contributed by atoms with Gasteiger partial charge in [0, 0.05) is 12.2 Å². The Kier molecular flexibility index (Phi) is 4.27. The van der Waals surface area contributed by atoms with Gasteiger partial charge in [0.05, 0.1) is 5.56 Å². The van der Waals surface area contributed by atoms with E-state index in [9.17, 15) is 13.6 Å². The predicted molar refractivity (Wildman–Crippen MR) is 58.4 cm³/mol. The normalized spacial score (nSPS) is 10.4. The highest BCUT2D eigenvalue weighted by Gasteiger charge is 2.16. The van der Waals surface area contributed by atoms with Crippen LogP contribution in [0, 0.1) is 18.6 Å². The van der Waals surface area contributed by atoms with Crippen LogP contribution in [0.5, 0.6) is 0 Å². The number of Topliss-reactive ketones (excluding diaryl/α,β-unsaturated/α-hetero) is 1. The van der Waals surface area contributed by atoms with Crippen molar-refractivity contribution in [3.05, 3.63) is 34.9 Å². The Labute approximate surface area is 91.9 Å². The Bertz CT molecular complexity index is 377. The van der Waals surface area contributed by atoms with Gasteiger partial charge >= 0.3 is 0 Å². The second kappa shape index (κ2) is 5.26. The first-order valence-corrected chi connectivity index (χ1v) is 5.94. The molecular formula is C11H12F2OS. The smallest absolute Gasteiger partial charge is 0.169 e. The van der Waals surface area contributed by atoms with Gasteiger partial charge in [-0.3, -0.25) is 4.79 Å². The van der Waals surface area contributed by atoms with Gasteiger partial charge in [0.15, 0.2) is 17.4 Å². The first-order chi connectivity index (χ1) is 7.07. The molecule has 0 spiro atoms. The average molecular weight is 230 g/mol. The van der Waals surface area contributed by atoms with E-state index in [1.54, 1.807) is 0 Å². The van der Waals surface area contributed by atoms with Crippen LogP contribution in [0.3, 0.4) is 0 Å². The fourth-order valence-corrected chi connectivity index (χ4v) is 1.58. The van der Waals surface area contributed by atoms with E-state index in [4.69, 9.17) is 0 Å². The largest absolute Gasteiger partial charge is 0.294 e. The Morgan fingerprint density at radius 1 is 1.33 bits per heavy atom. The van der Waals surface area contributed by atoms with E-state index in [-0.39, 0.29) is 23.3 Å². The van der Waals surface area contributed by atoms with Crippen molar-refractivity contribution in [3.8, 4) is 0 Å². The molecule has 0 aliphatic rings. The number of rotatable bonds is 4. The number of benzene rings is 1. The van der Waals surface area contributed by atoms with Crippen molar-refractivity contribution in [3.63, 3.8) is 0 Å². The van der Waals surface area contributed by atoms with Gasteiger partial charge in [0.2, 0.25) is 0 Å². The number of aryl methyl sites for hydroxylation is 1. The Morgan fingerprint density at radius 3 is 2.60 bits per heavy atom. The molecule has 0 unspecified atom stereocenters. The zero-order valence-corrected chi connectivity index (χ0v) is 9.46. The summed E-state index contributed by atoms with van der Waals surface area (Å²) in [5.74, 6) is -1.68. The van der Waals surface area contributed by atoms with Crippen LogP contribution >= 0.6 is 11.8 Å². The lowest BCUT2D eigenvalue weighted by Crippen LogP contribution is -2.06. The van der Waals surface area contributed by atoms with Crippen molar-refractivity contribution in [2.45, 2.75) is 13.3 Å².